The molecule has 0 bridgehead atoms. The number of hydrogen-bond acceptors (Lipinski definition) is 9. The zero-order chi connectivity index (χ0) is 33.4. The lowest BCUT2D eigenvalue weighted by Crippen LogP contribution is -2.50. The van der Waals surface area contributed by atoms with E-state index in [-0.39, 0.29) is 6.61 Å². The number of ether oxygens (including phenoxy) is 1. The number of carbonyl (C=O) groups excluding carboxylic acids is 1. The van der Waals surface area contributed by atoms with Crippen LogP contribution >= 0.6 is 34.8 Å². The molecule has 12 heteroatoms. The number of hydrogen-bond donors (Lipinski definition) is 5. The third kappa shape index (κ3) is 8.48. The first-order valence-corrected chi connectivity index (χ1v) is 15.8. The summed E-state index contributed by atoms with van der Waals surface area (Å²) in [5.41, 5.74) is 9.11. The summed E-state index contributed by atoms with van der Waals surface area (Å²) in [6.45, 7) is -0.934. The van der Waals surface area contributed by atoms with Crippen LogP contribution in [0.15, 0.2) is 65.2 Å². The maximum Gasteiger partial charge on any atom is 0.150 e. The van der Waals surface area contributed by atoms with Crippen LogP contribution in [-0.4, -0.2) is 64.3 Å². The highest BCUT2D eigenvalue weighted by Crippen LogP contribution is 2.56. The third-order valence-electron chi connectivity index (χ3n) is 7.96. The van der Waals surface area contributed by atoms with Crippen molar-refractivity contribution in [1.29, 1.82) is 0 Å². The predicted octanol–water partition coefficient (Wildman–Crippen LogP) is 6.11. The summed E-state index contributed by atoms with van der Waals surface area (Å²) in [5.74, 6) is 2.64. The second kappa shape index (κ2) is 16.2. The number of rotatable bonds is 11. The molecule has 2 fully saturated rings. The van der Waals surface area contributed by atoms with Gasteiger partial charge in [0.05, 0.1) is 41.0 Å². The second-order valence-corrected chi connectivity index (χ2v) is 12.5. The zero-order valence-electron chi connectivity index (χ0n) is 25.2. The Hall–Kier alpha value is -2.99. The Bertz CT molecular complexity index is 1580. The van der Waals surface area contributed by atoms with Crippen molar-refractivity contribution in [3.63, 3.8) is 0 Å². The molecule has 3 aromatic carbocycles. The van der Waals surface area contributed by atoms with Gasteiger partial charge in [0.15, 0.2) is 0 Å². The number of aliphatic hydroxyl groups is 4. The molecular weight excluding hydrogens is 655 g/mol. The highest BCUT2D eigenvalue weighted by Gasteiger charge is 2.40. The molecule has 6 rings (SSSR count). The van der Waals surface area contributed by atoms with Gasteiger partial charge >= 0.3 is 0 Å². The van der Waals surface area contributed by atoms with Crippen LogP contribution in [0.25, 0.3) is 11.3 Å². The summed E-state index contributed by atoms with van der Waals surface area (Å²) in [7, 11) is 1.00. The fraction of sp³-hybridized carbons (Fsp3) is 0.353. The lowest BCUT2D eigenvalue weighted by atomic mass is 10.0. The van der Waals surface area contributed by atoms with E-state index in [9.17, 15) is 4.79 Å². The fourth-order valence-electron chi connectivity index (χ4n) is 4.98. The molecule has 2 aliphatic rings. The molecule has 0 amide bonds. The Balaban J connectivity index is 0.000000422. The number of aldehydes is 1. The summed E-state index contributed by atoms with van der Waals surface area (Å²) in [6, 6.07) is 19.0. The summed E-state index contributed by atoms with van der Waals surface area (Å²) in [6.07, 6.45) is 4.04. The topological polar surface area (TPSA) is 159 Å². The Kier molecular flexibility index (Phi) is 12.6. The monoisotopic (exact) mass is 690 g/mol. The van der Waals surface area contributed by atoms with Crippen molar-refractivity contribution < 1.29 is 34.5 Å². The van der Waals surface area contributed by atoms with E-state index in [1.807, 2.05) is 42.5 Å². The Morgan fingerprint density at radius 2 is 1.57 bits per heavy atom. The van der Waals surface area contributed by atoms with Crippen molar-refractivity contribution in [1.82, 2.24) is 5.16 Å². The molecule has 1 heterocycles. The summed E-state index contributed by atoms with van der Waals surface area (Å²) < 4.78 is 11.9. The molecule has 6 N–H and O–H groups in total. The smallest absolute Gasteiger partial charge is 0.150 e. The molecule has 1 aromatic heterocycles. The number of aromatic nitrogens is 1. The van der Waals surface area contributed by atoms with Crippen molar-refractivity contribution in [3.05, 3.63) is 104 Å². The number of carbonyl (C=O) groups is 1. The molecule has 0 radical (unpaired) electrons. The molecule has 4 aromatic rings. The van der Waals surface area contributed by atoms with E-state index in [1.165, 1.54) is 5.56 Å². The summed E-state index contributed by atoms with van der Waals surface area (Å²) >= 11 is 19.6. The van der Waals surface area contributed by atoms with Crippen molar-refractivity contribution in [3.8, 4) is 17.0 Å². The second-order valence-electron chi connectivity index (χ2n) is 11.3. The summed E-state index contributed by atoms with van der Waals surface area (Å²) in [5, 5.41) is 38.1. The van der Waals surface area contributed by atoms with Gasteiger partial charge in [-0.2, -0.15) is 0 Å². The van der Waals surface area contributed by atoms with E-state index < -0.39 is 25.4 Å². The first-order chi connectivity index (χ1) is 22.2. The minimum Gasteiger partial charge on any atom is -0.489 e. The molecule has 246 valence electrons. The average molecular weight is 692 g/mol. The fourth-order valence-corrected chi connectivity index (χ4v) is 5.87. The van der Waals surface area contributed by atoms with Gasteiger partial charge < -0.3 is 35.4 Å². The van der Waals surface area contributed by atoms with Gasteiger partial charge in [-0.1, -0.05) is 76.4 Å². The molecule has 9 nitrogen and oxygen atoms in total. The van der Waals surface area contributed by atoms with Gasteiger partial charge in [-0.05, 0) is 66.5 Å². The normalized spacial score (nSPS) is 16.9. The van der Waals surface area contributed by atoms with E-state index >= 15 is 0 Å². The quantitative estimate of drug-likeness (QED) is 0.117. The molecule has 2 aliphatic carbocycles. The number of benzene rings is 3. The van der Waals surface area contributed by atoms with Crippen LogP contribution in [0.1, 0.15) is 69.8 Å². The van der Waals surface area contributed by atoms with Crippen molar-refractivity contribution in [2.45, 2.75) is 49.2 Å². The van der Waals surface area contributed by atoms with Crippen molar-refractivity contribution >= 4 is 41.1 Å². The molecule has 0 saturated heterocycles. The van der Waals surface area contributed by atoms with Crippen molar-refractivity contribution in [2.24, 2.45) is 5.73 Å². The van der Waals surface area contributed by atoms with Gasteiger partial charge in [0.2, 0.25) is 0 Å². The highest BCUT2D eigenvalue weighted by molar-refractivity contribution is 6.39. The molecular formula is C34H37Cl3N2O7. The minimum absolute atomic E-state index is 0.275. The Morgan fingerprint density at radius 1 is 0.935 bits per heavy atom. The number of nitrogens with zero attached hydrogens (tertiary/aromatic N) is 1. The van der Waals surface area contributed by atoms with Gasteiger partial charge in [0.25, 0.3) is 0 Å². The van der Waals surface area contributed by atoms with Gasteiger partial charge in [0.1, 0.15) is 30.1 Å². The minimum atomic E-state index is -1.21. The first kappa shape index (κ1) is 35.9. The van der Waals surface area contributed by atoms with E-state index in [0.29, 0.717) is 55.4 Å². The van der Waals surface area contributed by atoms with E-state index in [2.05, 4.69) is 5.16 Å². The molecule has 0 spiro atoms. The van der Waals surface area contributed by atoms with Gasteiger partial charge in [-0.15, -0.1) is 0 Å². The largest absolute Gasteiger partial charge is 0.489 e. The van der Waals surface area contributed by atoms with Crippen LogP contribution in [-0.2, 0) is 6.61 Å². The zero-order valence-corrected chi connectivity index (χ0v) is 27.5. The number of aliphatic hydroxyl groups excluding tert-OH is 4. The lowest BCUT2D eigenvalue weighted by Gasteiger charge is -2.20. The van der Waals surface area contributed by atoms with Crippen LogP contribution in [0, 0.1) is 0 Å². The number of halogens is 3. The van der Waals surface area contributed by atoms with E-state index in [1.54, 1.807) is 18.2 Å². The predicted molar refractivity (Wildman–Crippen MR) is 178 cm³/mol. The molecule has 0 aliphatic heterocycles. The Morgan fingerprint density at radius 3 is 2.09 bits per heavy atom. The van der Waals surface area contributed by atoms with E-state index in [4.69, 9.17) is 70.2 Å². The highest BCUT2D eigenvalue weighted by atomic mass is 35.5. The average Bonchev–Trinajstić information content (AvgIpc) is 4.03. The lowest BCUT2D eigenvalue weighted by molar-refractivity contribution is 0.0697. The van der Waals surface area contributed by atoms with E-state index in [0.717, 1.165) is 49.5 Å². The van der Waals surface area contributed by atoms with Gasteiger partial charge in [0, 0.05) is 29.2 Å². The van der Waals surface area contributed by atoms with Gasteiger partial charge in [-0.3, -0.25) is 4.79 Å². The van der Waals surface area contributed by atoms with Gasteiger partial charge in [-0.25, -0.2) is 0 Å². The third-order valence-corrected chi connectivity index (χ3v) is 8.91. The van der Waals surface area contributed by atoms with Crippen LogP contribution < -0.4 is 10.5 Å². The molecule has 2 unspecified atom stereocenters. The van der Waals surface area contributed by atoms with Crippen LogP contribution in [0.4, 0.5) is 0 Å². The maximum absolute atomic E-state index is 10.9. The SMILES string of the molecule is CO.NC(CO)(CO)CO.O=Cc1ccc(C2CC2c2ccc(OCc3c(-c4c(Cl)cccc4Cl)noc3C3CC3)cc2Cl)cc1. The van der Waals surface area contributed by atoms with Crippen LogP contribution in [0.3, 0.4) is 0 Å². The first-order valence-electron chi connectivity index (χ1n) is 14.7. The molecule has 46 heavy (non-hydrogen) atoms. The maximum atomic E-state index is 10.9. The summed E-state index contributed by atoms with van der Waals surface area (Å²) in [4.78, 5) is 10.9. The number of nitrogens with two attached hydrogens (primary N) is 1. The van der Waals surface area contributed by atoms with Crippen LogP contribution in [0.5, 0.6) is 5.75 Å². The standard InChI is InChI=1S/C29H22Cl3NO3.C4H11NO3.CH4O/c30-24-2-1-3-25(31)27(24)28-23(29(36-33-28)18-8-9-18)15-35-19-10-11-20(26(32)12-19)22-13-21(22)17-6-4-16(14-34)5-7-17;5-4(1-6,2-7)3-8;1-2/h1-7,10-12,14,18,21-22H,8-9,13,15H2;6-8H,1-3,5H2;2H,1H3. The van der Waals surface area contributed by atoms with Crippen molar-refractivity contribution in [2.75, 3.05) is 26.9 Å². The van der Waals surface area contributed by atoms with Crippen LogP contribution in [0.2, 0.25) is 15.1 Å². The Labute approximate surface area is 282 Å². The molecule has 2 atom stereocenters. The molecule has 2 saturated carbocycles.